The Morgan fingerprint density at radius 3 is 2.55 bits per heavy atom. The van der Waals surface area contributed by atoms with Gasteiger partial charge in [-0.15, -0.1) is 0 Å². The van der Waals surface area contributed by atoms with E-state index in [1.165, 1.54) is 24.8 Å². The van der Waals surface area contributed by atoms with Crippen LogP contribution >= 0.6 is 0 Å². The molecule has 2 aliphatic heterocycles. The molecule has 0 radical (unpaired) electrons. The third-order valence-corrected chi connectivity index (χ3v) is 4.73. The molecule has 0 unspecified atom stereocenters. The van der Waals surface area contributed by atoms with Crippen molar-refractivity contribution in [1.29, 1.82) is 0 Å². The minimum Gasteiger partial charge on any atom is -0.317 e. The Bertz CT molecular complexity index is 435. The highest BCUT2D eigenvalue weighted by Crippen LogP contribution is 2.27. The van der Waals surface area contributed by atoms with E-state index in [1.54, 1.807) is 6.07 Å². The molecule has 3 rings (SSSR count). The Balaban J connectivity index is 1.66. The molecule has 1 aromatic carbocycles. The van der Waals surface area contributed by atoms with Gasteiger partial charge in [-0.25, -0.2) is 4.39 Å². The van der Waals surface area contributed by atoms with E-state index in [1.807, 2.05) is 6.07 Å². The van der Waals surface area contributed by atoms with E-state index in [-0.39, 0.29) is 5.82 Å². The van der Waals surface area contributed by atoms with Crippen LogP contribution in [0.1, 0.15) is 49.1 Å². The fraction of sp³-hybridized carbons (Fsp3) is 0.647. The number of benzene rings is 1. The highest BCUT2D eigenvalue weighted by atomic mass is 19.1. The Kier molecular flexibility index (Phi) is 4.69. The summed E-state index contributed by atoms with van der Waals surface area (Å²) in [5.74, 6) is 0.529. The summed E-state index contributed by atoms with van der Waals surface area (Å²) in [6.45, 7) is 5.13. The average Bonchev–Trinajstić information content (AvgIpc) is 2.51. The summed E-state index contributed by atoms with van der Waals surface area (Å²) < 4.78 is 14.3. The number of halogens is 1. The number of nitrogens with zero attached hydrogens (tertiary/aromatic N) is 1. The van der Waals surface area contributed by atoms with Gasteiger partial charge in [-0.1, -0.05) is 18.6 Å². The second-order valence-electron chi connectivity index (χ2n) is 6.21. The van der Waals surface area contributed by atoms with Crippen LogP contribution in [0.5, 0.6) is 0 Å². The first-order chi connectivity index (χ1) is 9.83. The van der Waals surface area contributed by atoms with Gasteiger partial charge in [-0.2, -0.15) is 0 Å². The summed E-state index contributed by atoms with van der Waals surface area (Å²) in [6, 6.07) is 5.95. The molecule has 1 N–H and O–H groups in total. The second-order valence-corrected chi connectivity index (χ2v) is 6.21. The second kappa shape index (κ2) is 6.68. The number of likely N-dealkylation sites (tertiary alicyclic amines) is 1. The SMILES string of the molecule is Fc1cc(C2CCNCC2)ccc1CN1CCCCC1. The summed E-state index contributed by atoms with van der Waals surface area (Å²) in [5, 5.41) is 3.36. The van der Waals surface area contributed by atoms with Crippen molar-refractivity contribution in [3.8, 4) is 0 Å². The maximum absolute atomic E-state index is 14.3. The molecular weight excluding hydrogens is 251 g/mol. The number of nitrogens with one attached hydrogen (secondary N) is 1. The van der Waals surface area contributed by atoms with E-state index in [0.717, 1.165) is 51.1 Å². The van der Waals surface area contributed by atoms with Gasteiger partial charge in [0.1, 0.15) is 5.82 Å². The summed E-state index contributed by atoms with van der Waals surface area (Å²) in [7, 11) is 0. The minimum atomic E-state index is -0.00777. The maximum Gasteiger partial charge on any atom is 0.127 e. The molecule has 1 aromatic rings. The smallest absolute Gasteiger partial charge is 0.127 e. The molecule has 2 heterocycles. The van der Waals surface area contributed by atoms with Crippen LogP contribution in [0.4, 0.5) is 4.39 Å². The molecule has 2 nitrogen and oxygen atoms in total. The molecule has 2 fully saturated rings. The van der Waals surface area contributed by atoms with Gasteiger partial charge >= 0.3 is 0 Å². The van der Waals surface area contributed by atoms with Crippen LogP contribution in [-0.4, -0.2) is 31.1 Å². The lowest BCUT2D eigenvalue weighted by molar-refractivity contribution is 0.218. The van der Waals surface area contributed by atoms with Gasteiger partial charge in [-0.3, -0.25) is 4.90 Å². The number of piperidine rings is 2. The fourth-order valence-electron chi connectivity index (χ4n) is 3.46. The average molecular weight is 276 g/mol. The normalized spacial score (nSPS) is 22.1. The van der Waals surface area contributed by atoms with Crippen molar-refractivity contribution in [3.63, 3.8) is 0 Å². The molecule has 2 aliphatic rings. The van der Waals surface area contributed by atoms with Crippen molar-refractivity contribution in [1.82, 2.24) is 10.2 Å². The third-order valence-electron chi connectivity index (χ3n) is 4.73. The van der Waals surface area contributed by atoms with Crippen LogP contribution < -0.4 is 5.32 Å². The molecule has 2 saturated heterocycles. The lowest BCUT2D eigenvalue weighted by Crippen LogP contribution is -2.29. The van der Waals surface area contributed by atoms with Gasteiger partial charge < -0.3 is 5.32 Å². The molecule has 110 valence electrons. The molecule has 0 aromatic heterocycles. The predicted octanol–water partition coefficient (Wildman–Crippen LogP) is 3.28. The molecule has 0 saturated carbocycles. The summed E-state index contributed by atoms with van der Waals surface area (Å²) in [6.07, 6.45) is 6.10. The van der Waals surface area contributed by atoms with Crippen LogP contribution in [0.2, 0.25) is 0 Å². The highest BCUT2D eigenvalue weighted by molar-refractivity contribution is 5.27. The zero-order valence-electron chi connectivity index (χ0n) is 12.2. The molecule has 20 heavy (non-hydrogen) atoms. The zero-order valence-corrected chi connectivity index (χ0v) is 12.2. The Labute approximate surface area is 121 Å². The van der Waals surface area contributed by atoms with E-state index >= 15 is 0 Å². The van der Waals surface area contributed by atoms with E-state index < -0.39 is 0 Å². The first-order valence-corrected chi connectivity index (χ1v) is 8.04. The van der Waals surface area contributed by atoms with Crippen LogP contribution in [0.15, 0.2) is 18.2 Å². The predicted molar refractivity (Wildman–Crippen MR) is 80.4 cm³/mol. The molecule has 0 atom stereocenters. The third kappa shape index (κ3) is 3.39. The summed E-state index contributed by atoms with van der Waals surface area (Å²) in [5.41, 5.74) is 2.05. The van der Waals surface area contributed by atoms with Crippen molar-refractivity contribution in [2.24, 2.45) is 0 Å². The van der Waals surface area contributed by atoms with Crippen molar-refractivity contribution in [2.75, 3.05) is 26.2 Å². The minimum absolute atomic E-state index is 0.00777. The largest absolute Gasteiger partial charge is 0.317 e. The highest BCUT2D eigenvalue weighted by Gasteiger charge is 2.18. The lowest BCUT2D eigenvalue weighted by atomic mass is 9.89. The number of rotatable bonds is 3. The van der Waals surface area contributed by atoms with E-state index in [2.05, 4.69) is 16.3 Å². The molecule has 0 bridgehead atoms. The van der Waals surface area contributed by atoms with Crippen molar-refractivity contribution >= 4 is 0 Å². The van der Waals surface area contributed by atoms with Crippen LogP contribution in [-0.2, 0) is 6.54 Å². The van der Waals surface area contributed by atoms with E-state index in [4.69, 9.17) is 0 Å². The van der Waals surface area contributed by atoms with Crippen LogP contribution in [0.3, 0.4) is 0 Å². The summed E-state index contributed by atoms with van der Waals surface area (Å²) >= 11 is 0. The number of hydrogen-bond acceptors (Lipinski definition) is 2. The molecule has 0 amide bonds. The van der Waals surface area contributed by atoms with Gasteiger partial charge in [0.2, 0.25) is 0 Å². The maximum atomic E-state index is 14.3. The fourth-order valence-corrected chi connectivity index (χ4v) is 3.46. The van der Waals surface area contributed by atoms with Gasteiger partial charge in [0.15, 0.2) is 0 Å². The summed E-state index contributed by atoms with van der Waals surface area (Å²) in [4.78, 5) is 2.38. The Morgan fingerprint density at radius 2 is 1.85 bits per heavy atom. The van der Waals surface area contributed by atoms with Crippen molar-refractivity contribution in [3.05, 3.63) is 35.1 Å². The first-order valence-electron chi connectivity index (χ1n) is 8.04. The Morgan fingerprint density at radius 1 is 1.10 bits per heavy atom. The molecule has 0 aliphatic carbocycles. The molecule has 0 spiro atoms. The standard InChI is InChI=1S/C17H25FN2/c18-17-12-15(14-6-8-19-9-7-14)4-5-16(17)13-20-10-2-1-3-11-20/h4-5,12,14,19H,1-3,6-11,13H2. The molecule has 3 heteroatoms. The van der Waals surface area contributed by atoms with Crippen LogP contribution in [0, 0.1) is 5.82 Å². The quantitative estimate of drug-likeness (QED) is 0.911. The van der Waals surface area contributed by atoms with E-state index in [9.17, 15) is 4.39 Å². The van der Waals surface area contributed by atoms with Crippen LogP contribution in [0.25, 0.3) is 0 Å². The first kappa shape index (κ1) is 14.0. The lowest BCUT2D eigenvalue weighted by Gasteiger charge is -2.27. The van der Waals surface area contributed by atoms with Gasteiger partial charge in [0, 0.05) is 12.1 Å². The van der Waals surface area contributed by atoms with Gasteiger partial charge in [0.25, 0.3) is 0 Å². The van der Waals surface area contributed by atoms with Gasteiger partial charge in [0.05, 0.1) is 0 Å². The van der Waals surface area contributed by atoms with Gasteiger partial charge in [-0.05, 0) is 69.4 Å². The topological polar surface area (TPSA) is 15.3 Å². The zero-order chi connectivity index (χ0) is 13.8. The van der Waals surface area contributed by atoms with E-state index in [0.29, 0.717) is 5.92 Å². The monoisotopic (exact) mass is 276 g/mol. The Hall–Kier alpha value is -0.930. The van der Waals surface area contributed by atoms with Crippen molar-refractivity contribution < 1.29 is 4.39 Å². The van der Waals surface area contributed by atoms with Crippen molar-refractivity contribution in [2.45, 2.75) is 44.6 Å². The molecular formula is C17H25FN2. The number of hydrogen-bond donors (Lipinski definition) is 1.